The van der Waals surface area contributed by atoms with Gasteiger partial charge in [-0.25, -0.2) is 0 Å². The number of rotatable bonds is 4. The van der Waals surface area contributed by atoms with Crippen LogP contribution < -0.4 is 15.4 Å². The highest BCUT2D eigenvalue weighted by atomic mass is 35.5. The Morgan fingerprint density at radius 3 is 2.96 bits per heavy atom. The molecule has 5 nitrogen and oxygen atoms in total. The van der Waals surface area contributed by atoms with Gasteiger partial charge < -0.3 is 15.4 Å². The van der Waals surface area contributed by atoms with Crippen LogP contribution in [0.1, 0.15) is 6.42 Å². The van der Waals surface area contributed by atoms with Gasteiger partial charge in [0.15, 0.2) is 0 Å². The predicted molar refractivity (Wildman–Crippen MR) is 96.0 cm³/mol. The van der Waals surface area contributed by atoms with Crippen LogP contribution >= 0.6 is 23.4 Å². The van der Waals surface area contributed by atoms with E-state index < -0.39 is 5.25 Å². The Kier molecular flexibility index (Phi) is 4.97. The largest absolute Gasteiger partial charge is 0.497 e. The third-order valence-corrected chi connectivity index (χ3v) is 5.00. The number of carbonyl (C=O) groups is 2. The van der Waals surface area contributed by atoms with Gasteiger partial charge >= 0.3 is 0 Å². The lowest BCUT2D eigenvalue weighted by Crippen LogP contribution is -2.32. The van der Waals surface area contributed by atoms with Crippen molar-refractivity contribution in [1.29, 1.82) is 0 Å². The number of carbonyl (C=O) groups excluding carboxylic acids is 2. The van der Waals surface area contributed by atoms with Gasteiger partial charge in [-0.3, -0.25) is 9.59 Å². The summed E-state index contributed by atoms with van der Waals surface area (Å²) in [4.78, 5) is 25.3. The van der Waals surface area contributed by atoms with Gasteiger partial charge in [0.1, 0.15) is 5.75 Å². The fraction of sp³-hybridized carbons (Fsp3) is 0.176. The molecule has 0 saturated heterocycles. The minimum absolute atomic E-state index is 0.0791. The fourth-order valence-corrected chi connectivity index (χ4v) is 3.60. The van der Waals surface area contributed by atoms with Crippen LogP contribution in [0.5, 0.6) is 5.75 Å². The van der Waals surface area contributed by atoms with Crippen LogP contribution in [0.2, 0.25) is 5.02 Å². The van der Waals surface area contributed by atoms with Gasteiger partial charge in [0.05, 0.1) is 18.0 Å². The van der Waals surface area contributed by atoms with E-state index >= 15 is 0 Å². The van der Waals surface area contributed by atoms with Gasteiger partial charge in [0.25, 0.3) is 0 Å². The molecule has 0 aromatic heterocycles. The minimum atomic E-state index is -0.482. The minimum Gasteiger partial charge on any atom is -0.497 e. The summed E-state index contributed by atoms with van der Waals surface area (Å²) in [5.41, 5.74) is 1.31. The second kappa shape index (κ2) is 7.15. The van der Waals surface area contributed by atoms with Crippen molar-refractivity contribution in [3.05, 3.63) is 47.5 Å². The van der Waals surface area contributed by atoms with Crippen LogP contribution in [0.4, 0.5) is 11.4 Å². The Bertz CT molecular complexity index is 797. The molecular formula is C17H15ClN2O3S. The molecule has 2 aromatic carbocycles. The van der Waals surface area contributed by atoms with Crippen molar-refractivity contribution in [1.82, 2.24) is 0 Å². The molecule has 2 aromatic rings. The zero-order valence-corrected chi connectivity index (χ0v) is 14.4. The molecule has 0 saturated carbocycles. The van der Waals surface area contributed by atoms with Crippen molar-refractivity contribution in [2.24, 2.45) is 0 Å². The highest BCUT2D eigenvalue weighted by Crippen LogP contribution is 2.38. The fourth-order valence-electron chi connectivity index (χ4n) is 2.34. The topological polar surface area (TPSA) is 67.4 Å². The van der Waals surface area contributed by atoms with Crippen molar-refractivity contribution < 1.29 is 14.3 Å². The van der Waals surface area contributed by atoms with E-state index in [-0.39, 0.29) is 18.2 Å². The van der Waals surface area contributed by atoms with Gasteiger partial charge in [-0.15, -0.1) is 11.8 Å². The molecule has 124 valence electrons. The first kappa shape index (κ1) is 16.7. The Balaban J connectivity index is 1.66. The average Bonchev–Trinajstić information content (AvgIpc) is 2.56. The standard InChI is InChI=1S/C17H15ClN2O3S/c1-23-12-4-2-3-11(8-12)19-16(21)9-15-17(22)20-13-7-10(18)5-6-14(13)24-15/h2-8,15H,9H2,1H3,(H,19,21)(H,20,22)/t15-/m1/s1. The number of benzene rings is 2. The van der Waals surface area contributed by atoms with E-state index in [1.165, 1.54) is 11.8 Å². The lowest BCUT2D eigenvalue weighted by Gasteiger charge is -2.23. The first-order valence-electron chi connectivity index (χ1n) is 7.26. The number of hydrogen-bond acceptors (Lipinski definition) is 4. The van der Waals surface area contributed by atoms with Crippen molar-refractivity contribution >= 4 is 46.6 Å². The van der Waals surface area contributed by atoms with Gasteiger partial charge in [0.2, 0.25) is 11.8 Å². The molecule has 1 atom stereocenters. The molecule has 1 heterocycles. The molecule has 0 radical (unpaired) electrons. The highest BCUT2D eigenvalue weighted by molar-refractivity contribution is 8.01. The molecule has 7 heteroatoms. The molecule has 0 bridgehead atoms. The van der Waals surface area contributed by atoms with Crippen LogP contribution in [0, 0.1) is 0 Å². The maximum Gasteiger partial charge on any atom is 0.238 e. The smallest absolute Gasteiger partial charge is 0.238 e. The molecule has 24 heavy (non-hydrogen) atoms. The monoisotopic (exact) mass is 362 g/mol. The van der Waals surface area contributed by atoms with Crippen molar-refractivity contribution in [3.8, 4) is 5.75 Å². The van der Waals surface area contributed by atoms with Gasteiger partial charge in [0, 0.05) is 28.1 Å². The van der Waals surface area contributed by atoms with Crippen molar-refractivity contribution in [2.75, 3.05) is 17.7 Å². The van der Waals surface area contributed by atoms with E-state index in [0.717, 1.165) is 4.90 Å². The second-order valence-corrected chi connectivity index (χ2v) is 6.90. The van der Waals surface area contributed by atoms with E-state index in [1.807, 2.05) is 6.07 Å². The third-order valence-electron chi connectivity index (χ3n) is 3.49. The maximum atomic E-state index is 12.2. The zero-order valence-electron chi connectivity index (χ0n) is 12.8. The van der Waals surface area contributed by atoms with E-state index in [0.29, 0.717) is 22.1 Å². The van der Waals surface area contributed by atoms with Gasteiger partial charge in [-0.2, -0.15) is 0 Å². The molecule has 0 fully saturated rings. The van der Waals surface area contributed by atoms with E-state index in [9.17, 15) is 9.59 Å². The highest BCUT2D eigenvalue weighted by Gasteiger charge is 2.29. The van der Waals surface area contributed by atoms with Gasteiger partial charge in [-0.05, 0) is 30.3 Å². The molecule has 0 spiro atoms. The summed E-state index contributed by atoms with van der Waals surface area (Å²) in [6.45, 7) is 0. The molecule has 2 N–H and O–H groups in total. The summed E-state index contributed by atoms with van der Waals surface area (Å²) in [6, 6.07) is 12.4. The lowest BCUT2D eigenvalue weighted by atomic mass is 10.2. The SMILES string of the molecule is COc1cccc(NC(=O)C[C@H]2Sc3ccc(Cl)cc3NC2=O)c1. The summed E-state index contributed by atoms with van der Waals surface area (Å²) in [5.74, 6) is 0.229. The Morgan fingerprint density at radius 1 is 1.33 bits per heavy atom. The number of ether oxygens (including phenoxy) is 1. The summed E-state index contributed by atoms with van der Waals surface area (Å²) in [7, 11) is 1.56. The number of amides is 2. The number of anilines is 2. The maximum absolute atomic E-state index is 12.2. The van der Waals surface area contributed by atoms with E-state index in [1.54, 1.807) is 43.5 Å². The number of hydrogen-bond donors (Lipinski definition) is 2. The molecule has 3 rings (SSSR count). The molecule has 0 aliphatic carbocycles. The van der Waals surface area contributed by atoms with Crippen LogP contribution in [0.25, 0.3) is 0 Å². The van der Waals surface area contributed by atoms with Crippen molar-refractivity contribution in [3.63, 3.8) is 0 Å². The zero-order chi connectivity index (χ0) is 17.1. The predicted octanol–water partition coefficient (Wildman–Crippen LogP) is 3.79. The first-order valence-corrected chi connectivity index (χ1v) is 8.52. The van der Waals surface area contributed by atoms with Crippen molar-refractivity contribution in [2.45, 2.75) is 16.6 Å². The summed E-state index contributed by atoms with van der Waals surface area (Å²) in [6.07, 6.45) is 0.0791. The molecule has 0 unspecified atom stereocenters. The van der Waals surface area contributed by atoms with Crippen LogP contribution in [0.15, 0.2) is 47.4 Å². The lowest BCUT2D eigenvalue weighted by molar-refractivity contribution is -0.120. The number of methoxy groups -OCH3 is 1. The second-order valence-electron chi connectivity index (χ2n) is 5.22. The first-order chi connectivity index (χ1) is 11.5. The Labute approximate surface area is 148 Å². The number of halogens is 1. The summed E-state index contributed by atoms with van der Waals surface area (Å²) in [5, 5.41) is 5.66. The molecule has 1 aliphatic rings. The summed E-state index contributed by atoms with van der Waals surface area (Å²) < 4.78 is 5.12. The van der Waals surface area contributed by atoms with Gasteiger partial charge in [-0.1, -0.05) is 17.7 Å². The van der Waals surface area contributed by atoms with Crippen LogP contribution in [-0.4, -0.2) is 24.2 Å². The third kappa shape index (κ3) is 3.83. The normalized spacial score (nSPS) is 16.1. The number of nitrogens with one attached hydrogen (secondary N) is 2. The number of fused-ring (bicyclic) bond motifs is 1. The Hall–Kier alpha value is -2.18. The summed E-state index contributed by atoms with van der Waals surface area (Å²) >= 11 is 7.29. The molecule has 2 amide bonds. The van der Waals surface area contributed by atoms with E-state index in [4.69, 9.17) is 16.3 Å². The van der Waals surface area contributed by atoms with E-state index in [2.05, 4.69) is 10.6 Å². The molecule has 1 aliphatic heterocycles. The van der Waals surface area contributed by atoms with Crippen LogP contribution in [-0.2, 0) is 9.59 Å². The number of thioether (sulfide) groups is 1. The quantitative estimate of drug-likeness (QED) is 0.868. The molecular weight excluding hydrogens is 348 g/mol. The Morgan fingerprint density at radius 2 is 2.17 bits per heavy atom. The van der Waals surface area contributed by atoms with Crippen LogP contribution in [0.3, 0.4) is 0 Å². The average molecular weight is 363 g/mol.